The van der Waals surface area contributed by atoms with Crippen molar-refractivity contribution in [3.63, 3.8) is 0 Å². The standard InChI is InChI=1S/C20H29N3O3/c1-13-11-16(9-10-23(13)20(25)15-5-3-2-4-6-15)21-19(24)17-12-18(26-22-17)14-7-8-14/h12-16H,2-11H2,1H3,(H,21,24)/t13-,16?/m1/s1. The SMILES string of the molecule is C[C@@H]1CC(NC(=O)c2cc(C3CC3)on2)CCN1C(=O)C1CCCCC1. The summed E-state index contributed by atoms with van der Waals surface area (Å²) in [5.41, 5.74) is 0.375. The molecule has 3 aliphatic rings. The van der Waals surface area contributed by atoms with Crippen molar-refractivity contribution < 1.29 is 14.1 Å². The van der Waals surface area contributed by atoms with E-state index < -0.39 is 0 Å². The number of carbonyl (C=O) groups is 2. The number of nitrogens with one attached hydrogen (secondary N) is 1. The molecule has 26 heavy (non-hydrogen) atoms. The molecule has 2 saturated carbocycles. The van der Waals surface area contributed by atoms with Gasteiger partial charge < -0.3 is 14.7 Å². The van der Waals surface area contributed by atoms with Crippen LogP contribution in [0.4, 0.5) is 0 Å². The minimum atomic E-state index is -0.162. The van der Waals surface area contributed by atoms with Gasteiger partial charge in [-0.05, 0) is 45.4 Å². The lowest BCUT2D eigenvalue weighted by atomic mass is 9.87. The third kappa shape index (κ3) is 3.79. The molecule has 4 rings (SSSR count). The Morgan fingerprint density at radius 1 is 1.15 bits per heavy atom. The Balaban J connectivity index is 1.30. The van der Waals surface area contributed by atoms with Crippen LogP contribution >= 0.6 is 0 Å². The Hall–Kier alpha value is -1.85. The molecule has 0 bridgehead atoms. The molecule has 3 fully saturated rings. The zero-order chi connectivity index (χ0) is 18.1. The third-order valence-corrected chi connectivity index (χ3v) is 6.19. The summed E-state index contributed by atoms with van der Waals surface area (Å²) in [7, 11) is 0. The van der Waals surface area contributed by atoms with E-state index in [-0.39, 0.29) is 23.9 Å². The van der Waals surface area contributed by atoms with Gasteiger partial charge in [-0.3, -0.25) is 9.59 Å². The van der Waals surface area contributed by atoms with Crippen molar-refractivity contribution in [3.05, 3.63) is 17.5 Å². The molecule has 0 spiro atoms. The highest BCUT2D eigenvalue weighted by atomic mass is 16.5. The highest BCUT2D eigenvalue weighted by molar-refractivity contribution is 5.92. The molecule has 6 nitrogen and oxygen atoms in total. The fourth-order valence-electron chi connectivity index (χ4n) is 4.43. The van der Waals surface area contributed by atoms with Crippen LogP contribution < -0.4 is 5.32 Å². The molecule has 6 heteroatoms. The first-order chi connectivity index (χ1) is 12.6. The van der Waals surface area contributed by atoms with Gasteiger partial charge in [-0.15, -0.1) is 0 Å². The Labute approximate surface area is 154 Å². The van der Waals surface area contributed by atoms with Gasteiger partial charge in [0.05, 0.1) is 0 Å². The maximum Gasteiger partial charge on any atom is 0.273 e. The van der Waals surface area contributed by atoms with Crippen LogP contribution in [0.2, 0.25) is 0 Å². The van der Waals surface area contributed by atoms with E-state index in [0.29, 0.717) is 17.5 Å². The summed E-state index contributed by atoms with van der Waals surface area (Å²) in [5.74, 6) is 1.67. The van der Waals surface area contributed by atoms with Gasteiger partial charge >= 0.3 is 0 Å². The van der Waals surface area contributed by atoms with E-state index in [9.17, 15) is 9.59 Å². The summed E-state index contributed by atoms with van der Waals surface area (Å²) in [6.45, 7) is 2.83. The molecule has 0 radical (unpaired) electrons. The monoisotopic (exact) mass is 359 g/mol. The largest absolute Gasteiger partial charge is 0.360 e. The van der Waals surface area contributed by atoms with Gasteiger partial charge in [0.15, 0.2) is 5.69 Å². The first kappa shape index (κ1) is 17.6. The molecule has 1 aromatic rings. The minimum absolute atomic E-state index is 0.0916. The predicted octanol–water partition coefficient (Wildman–Crippen LogP) is 3.24. The Bertz CT molecular complexity index is 661. The normalized spacial score (nSPS) is 27.3. The minimum Gasteiger partial charge on any atom is -0.360 e. The van der Waals surface area contributed by atoms with Crippen LogP contribution in [0, 0.1) is 5.92 Å². The number of amides is 2. The molecule has 1 N–H and O–H groups in total. The van der Waals surface area contributed by atoms with Gasteiger partial charge in [-0.25, -0.2) is 0 Å². The number of piperidine rings is 1. The van der Waals surface area contributed by atoms with Crippen LogP contribution in [0.1, 0.15) is 86.9 Å². The first-order valence-electron chi connectivity index (χ1n) is 10.2. The van der Waals surface area contributed by atoms with Crippen molar-refractivity contribution in [2.24, 2.45) is 5.92 Å². The number of hydrogen-bond acceptors (Lipinski definition) is 4. The molecule has 0 aromatic carbocycles. The second kappa shape index (κ2) is 7.41. The van der Waals surface area contributed by atoms with Crippen LogP contribution in [0.3, 0.4) is 0 Å². The molecule has 2 amide bonds. The van der Waals surface area contributed by atoms with Crippen molar-refractivity contribution in [2.75, 3.05) is 6.54 Å². The predicted molar refractivity (Wildman–Crippen MR) is 96.7 cm³/mol. The van der Waals surface area contributed by atoms with E-state index in [1.54, 1.807) is 6.07 Å². The summed E-state index contributed by atoms with van der Waals surface area (Å²) in [5, 5.41) is 6.99. The first-order valence-corrected chi connectivity index (χ1v) is 10.2. The van der Waals surface area contributed by atoms with Crippen LogP contribution in [-0.4, -0.2) is 40.5 Å². The van der Waals surface area contributed by atoms with Gasteiger partial charge in [-0.2, -0.15) is 0 Å². The maximum absolute atomic E-state index is 12.8. The highest BCUT2D eigenvalue weighted by Gasteiger charge is 2.34. The third-order valence-electron chi connectivity index (χ3n) is 6.19. The Kier molecular flexibility index (Phi) is 5.00. The van der Waals surface area contributed by atoms with Gasteiger partial charge in [0, 0.05) is 36.5 Å². The van der Waals surface area contributed by atoms with E-state index in [0.717, 1.165) is 50.8 Å². The van der Waals surface area contributed by atoms with Crippen molar-refractivity contribution in [1.29, 1.82) is 0 Å². The molecular formula is C20H29N3O3. The van der Waals surface area contributed by atoms with E-state index >= 15 is 0 Å². The molecule has 1 saturated heterocycles. The van der Waals surface area contributed by atoms with Crippen molar-refractivity contribution >= 4 is 11.8 Å². The number of likely N-dealkylation sites (tertiary alicyclic amines) is 1. The van der Waals surface area contributed by atoms with E-state index in [1.165, 1.54) is 19.3 Å². The average Bonchev–Trinajstić information content (AvgIpc) is 3.38. The molecule has 2 aliphatic carbocycles. The van der Waals surface area contributed by atoms with Gasteiger partial charge in [0.25, 0.3) is 5.91 Å². The molecule has 1 unspecified atom stereocenters. The maximum atomic E-state index is 12.8. The number of hydrogen-bond donors (Lipinski definition) is 1. The summed E-state index contributed by atoms with van der Waals surface area (Å²) < 4.78 is 5.27. The summed E-state index contributed by atoms with van der Waals surface area (Å²) in [6.07, 6.45) is 9.56. The quantitative estimate of drug-likeness (QED) is 0.895. The summed E-state index contributed by atoms with van der Waals surface area (Å²) in [4.78, 5) is 27.3. The topological polar surface area (TPSA) is 75.4 Å². The van der Waals surface area contributed by atoms with Gasteiger partial charge in [0.1, 0.15) is 5.76 Å². The Morgan fingerprint density at radius 3 is 2.62 bits per heavy atom. The van der Waals surface area contributed by atoms with E-state index in [4.69, 9.17) is 4.52 Å². The molecular weight excluding hydrogens is 330 g/mol. The smallest absolute Gasteiger partial charge is 0.273 e. The lowest BCUT2D eigenvalue weighted by Gasteiger charge is -2.40. The second-order valence-electron chi connectivity index (χ2n) is 8.30. The van der Waals surface area contributed by atoms with Crippen molar-refractivity contribution in [3.8, 4) is 0 Å². The molecule has 2 atom stereocenters. The van der Waals surface area contributed by atoms with Crippen molar-refractivity contribution in [2.45, 2.75) is 82.7 Å². The lowest BCUT2D eigenvalue weighted by Crippen LogP contribution is -2.52. The fraction of sp³-hybridized carbons (Fsp3) is 0.750. The van der Waals surface area contributed by atoms with Crippen LogP contribution in [0.15, 0.2) is 10.6 Å². The van der Waals surface area contributed by atoms with Crippen molar-refractivity contribution in [1.82, 2.24) is 15.4 Å². The van der Waals surface area contributed by atoms with Gasteiger partial charge in [0.2, 0.25) is 5.91 Å². The number of rotatable bonds is 4. The van der Waals surface area contributed by atoms with Crippen LogP contribution in [0.5, 0.6) is 0 Å². The van der Waals surface area contributed by atoms with E-state index in [1.807, 2.05) is 4.90 Å². The summed E-state index contributed by atoms with van der Waals surface area (Å²) in [6, 6.07) is 2.04. The molecule has 2 heterocycles. The number of aromatic nitrogens is 1. The van der Waals surface area contributed by atoms with Crippen LogP contribution in [0.25, 0.3) is 0 Å². The fourth-order valence-corrected chi connectivity index (χ4v) is 4.43. The summed E-state index contributed by atoms with van der Waals surface area (Å²) >= 11 is 0. The zero-order valence-electron chi connectivity index (χ0n) is 15.6. The highest BCUT2D eigenvalue weighted by Crippen LogP contribution is 2.40. The number of nitrogens with zero attached hydrogens (tertiary/aromatic N) is 2. The average molecular weight is 359 g/mol. The zero-order valence-corrected chi connectivity index (χ0v) is 15.6. The van der Waals surface area contributed by atoms with Gasteiger partial charge in [-0.1, -0.05) is 24.4 Å². The second-order valence-corrected chi connectivity index (χ2v) is 8.30. The molecule has 1 aromatic heterocycles. The molecule has 1 aliphatic heterocycles. The molecule has 142 valence electrons. The van der Waals surface area contributed by atoms with E-state index in [2.05, 4.69) is 17.4 Å². The number of carbonyl (C=O) groups excluding carboxylic acids is 2. The Morgan fingerprint density at radius 2 is 1.92 bits per heavy atom. The lowest BCUT2D eigenvalue weighted by molar-refractivity contribution is -0.140. The van der Waals surface area contributed by atoms with Crippen LogP contribution in [-0.2, 0) is 4.79 Å².